The molecule has 0 aliphatic carbocycles. The molecule has 2 heteroatoms. The zero-order chi connectivity index (χ0) is 11.3. The molecule has 0 bridgehead atoms. The average Bonchev–Trinajstić information content (AvgIpc) is 2.63. The van der Waals surface area contributed by atoms with Crippen molar-refractivity contribution in [1.82, 2.24) is 0 Å². The lowest BCUT2D eigenvalue weighted by Gasteiger charge is -2.25. The summed E-state index contributed by atoms with van der Waals surface area (Å²) in [7, 11) is 0. The van der Waals surface area contributed by atoms with Crippen molar-refractivity contribution in [2.45, 2.75) is 71.5 Å². The molecule has 1 aliphatic rings. The Balaban J connectivity index is 2.01. The second-order valence-corrected chi connectivity index (χ2v) is 5.80. The number of rotatable bonds is 5. The van der Waals surface area contributed by atoms with E-state index in [9.17, 15) is 5.11 Å². The maximum Gasteiger partial charge on any atom is 0.0588 e. The van der Waals surface area contributed by atoms with Crippen molar-refractivity contribution >= 4 is 0 Å². The largest absolute Gasteiger partial charge is 0.393 e. The summed E-state index contributed by atoms with van der Waals surface area (Å²) in [6.07, 6.45) is 7.24. The first-order valence-corrected chi connectivity index (χ1v) is 6.30. The third-order valence-electron chi connectivity index (χ3n) is 3.28. The number of aliphatic hydroxyl groups excluding tert-OH is 1. The van der Waals surface area contributed by atoms with Crippen LogP contribution in [0.5, 0.6) is 0 Å². The molecule has 1 rings (SSSR count). The fourth-order valence-corrected chi connectivity index (χ4v) is 2.01. The molecule has 90 valence electrons. The van der Waals surface area contributed by atoms with Gasteiger partial charge in [-0.2, -0.15) is 0 Å². The Labute approximate surface area is 94.0 Å². The quantitative estimate of drug-likeness (QED) is 0.712. The maximum absolute atomic E-state index is 9.85. The van der Waals surface area contributed by atoms with Gasteiger partial charge in [-0.3, -0.25) is 0 Å². The lowest BCUT2D eigenvalue weighted by molar-refractivity contribution is 0.0510. The van der Waals surface area contributed by atoms with Gasteiger partial charge in [0.15, 0.2) is 0 Å². The molecule has 15 heavy (non-hydrogen) atoms. The van der Waals surface area contributed by atoms with Crippen molar-refractivity contribution in [2.75, 3.05) is 6.61 Å². The second-order valence-electron chi connectivity index (χ2n) is 5.80. The third-order valence-corrected chi connectivity index (χ3v) is 3.28. The third kappa shape index (κ3) is 4.98. The summed E-state index contributed by atoms with van der Waals surface area (Å²) in [4.78, 5) is 0. The van der Waals surface area contributed by atoms with Crippen LogP contribution < -0.4 is 0 Å². The van der Waals surface area contributed by atoms with Crippen molar-refractivity contribution in [1.29, 1.82) is 0 Å². The van der Waals surface area contributed by atoms with Gasteiger partial charge in [0, 0.05) is 6.61 Å². The molecule has 1 N–H and O–H groups in total. The molecule has 1 aliphatic heterocycles. The highest BCUT2D eigenvalue weighted by atomic mass is 16.5. The molecule has 2 atom stereocenters. The van der Waals surface area contributed by atoms with Crippen LogP contribution in [-0.4, -0.2) is 23.9 Å². The van der Waals surface area contributed by atoms with Crippen LogP contribution in [0.3, 0.4) is 0 Å². The molecule has 0 saturated carbocycles. The zero-order valence-corrected chi connectivity index (χ0v) is 10.5. The highest BCUT2D eigenvalue weighted by Crippen LogP contribution is 2.24. The molecule has 0 amide bonds. The summed E-state index contributed by atoms with van der Waals surface area (Å²) >= 11 is 0. The molecule has 1 saturated heterocycles. The second kappa shape index (κ2) is 5.86. The molecule has 1 fully saturated rings. The monoisotopic (exact) mass is 214 g/mol. The first-order valence-electron chi connectivity index (χ1n) is 6.30. The topological polar surface area (TPSA) is 29.5 Å². The van der Waals surface area contributed by atoms with Crippen molar-refractivity contribution in [3.8, 4) is 0 Å². The van der Waals surface area contributed by atoms with Crippen LogP contribution in [-0.2, 0) is 4.74 Å². The van der Waals surface area contributed by atoms with Gasteiger partial charge in [0.25, 0.3) is 0 Å². The Morgan fingerprint density at radius 1 is 1.33 bits per heavy atom. The molecule has 0 aromatic heterocycles. The first kappa shape index (κ1) is 13.0. The summed E-state index contributed by atoms with van der Waals surface area (Å²) in [5, 5.41) is 9.85. The van der Waals surface area contributed by atoms with Gasteiger partial charge in [-0.25, -0.2) is 0 Å². The van der Waals surface area contributed by atoms with E-state index in [1.807, 2.05) is 0 Å². The first-order chi connectivity index (χ1) is 7.00. The smallest absolute Gasteiger partial charge is 0.0588 e. The van der Waals surface area contributed by atoms with Crippen molar-refractivity contribution in [2.24, 2.45) is 5.41 Å². The predicted octanol–water partition coefficient (Wildman–Crippen LogP) is 3.13. The van der Waals surface area contributed by atoms with E-state index < -0.39 is 0 Å². The Bertz CT molecular complexity index is 166. The molecule has 2 unspecified atom stereocenters. The van der Waals surface area contributed by atoms with E-state index in [4.69, 9.17) is 4.74 Å². The highest BCUT2D eigenvalue weighted by molar-refractivity contribution is 4.73. The number of unbranched alkanes of at least 4 members (excludes halogenated alkanes) is 1. The number of hydrogen-bond acceptors (Lipinski definition) is 2. The maximum atomic E-state index is 9.85. The van der Waals surface area contributed by atoms with Gasteiger partial charge in [0.2, 0.25) is 0 Å². The van der Waals surface area contributed by atoms with Crippen LogP contribution in [0.15, 0.2) is 0 Å². The van der Waals surface area contributed by atoms with Gasteiger partial charge in [-0.15, -0.1) is 0 Å². The van der Waals surface area contributed by atoms with Crippen molar-refractivity contribution in [3.05, 3.63) is 0 Å². The molecule has 0 radical (unpaired) electrons. The Hall–Kier alpha value is -0.0800. The zero-order valence-electron chi connectivity index (χ0n) is 10.5. The molecule has 0 aromatic rings. The predicted molar refractivity (Wildman–Crippen MR) is 62.9 cm³/mol. The van der Waals surface area contributed by atoms with E-state index in [1.165, 1.54) is 25.7 Å². The minimum Gasteiger partial charge on any atom is -0.393 e. The van der Waals surface area contributed by atoms with Gasteiger partial charge in [-0.1, -0.05) is 33.6 Å². The SMILES string of the molecule is CC(C)(C)C(O)CCCCC1CCCO1. The summed E-state index contributed by atoms with van der Waals surface area (Å²) in [6, 6.07) is 0. The van der Waals surface area contributed by atoms with E-state index in [1.54, 1.807) is 0 Å². The summed E-state index contributed by atoms with van der Waals surface area (Å²) in [5.41, 5.74) is 0.0316. The van der Waals surface area contributed by atoms with Crippen LogP contribution in [0.1, 0.15) is 59.3 Å². The van der Waals surface area contributed by atoms with Crippen molar-refractivity contribution < 1.29 is 9.84 Å². The molecule has 0 aromatic carbocycles. The van der Waals surface area contributed by atoms with E-state index in [-0.39, 0.29) is 11.5 Å². The van der Waals surface area contributed by atoms with E-state index in [0.29, 0.717) is 6.10 Å². The van der Waals surface area contributed by atoms with Gasteiger partial charge in [0.05, 0.1) is 12.2 Å². The molecular weight excluding hydrogens is 188 g/mol. The van der Waals surface area contributed by atoms with Gasteiger partial charge < -0.3 is 9.84 Å². The summed E-state index contributed by atoms with van der Waals surface area (Å²) in [6.45, 7) is 7.24. The summed E-state index contributed by atoms with van der Waals surface area (Å²) < 4.78 is 5.56. The van der Waals surface area contributed by atoms with Crippen LogP contribution in [0.4, 0.5) is 0 Å². The van der Waals surface area contributed by atoms with E-state index in [2.05, 4.69) is 20.8 Å². The summed E-state index contributed by atoms with van der Waals surface area (Å²) in [5.74, 6) is 0. The van der Waals surface area contributed by atoms with Gasteiger partial charge >= 0.3 is 0 Å². The van der Waals surface area contributed by atoms with Gasteiger partial charge in [-0.05, 0) is 31.1 Å². The lowest BCUT2D eigenvalue weighted by Crippen LogP contribution is -2.25. The minimum atomic E-state index is -0.165. The van der Waals surface area contributed by atoms with Gasteiger partial charge in [0.1, 0.15) is 0 Å². The molecule has 0 spiro atoms. The number of ether oxygens (including phenoxy) is 1. The molecule has 1 heterocycles. The number of aliphatic hydroxyl groups is 1. The highest BCUT2D eigenvalue weighted by Gasteiger charge is 2.21. The molecule has 2 nitrogen and oxygen atoms in total. The van der Waals surface area contributed by atoms with Crippen LogP contribution >= 0.6 is 0 Å². The fraction of sp³-hybridized carbons (Fsp3) is 1.00. The Morgan fingerprint density at radius 2 is 2.07 bits per heavy atom. The van der Waals surface area contributed by atoms with Crippen molar-refractivity contribution in [3.63, 3.8) is 0 Å². The fourth-order valence-electron chi connectivity index (χ4n) is 2.01. The van der Waals surface area contributed by atoms with E-state index >= 15 is 0 Å². The normalized spacial score (nSPS) is 24.4. The Morgan fingerprint density at radius 3 is 2.60 bits per heavy atom. The average molecular weight is 214 g/mol. The van der Waals surface area contributed by atoms with Crippen LogP contribution in [0.2, 0.25) is 0 Å². The standard InChI is InChI=1S/C13H26O2/c1-13(2,3)12(14)9-5-4-7-11-8-6-10-15-11/h11-12,14H,4-10H2,1-3H3. The van der Waals surface area contributed by atoms with E-state index in [0.717, 1.165) is 19.4 Å². The van der Waals surface area contributed by atoms with Crippen LogP contribution in [0.25, 0.3) is 0 Å². The lowest BCUT2D eigenvalue weighted by atomic mass is 9.86. The van der Waals surface area contributed by atoms with Crippen LogP contribution in [0, 0.1) is 5.41 Å². The Kier molecular flexibility index (Phi) is 5.07. The molecular formula is C13H26O2. The number of hydrogen-bond donors (Lipinski definition) is 1. The minimum absolute atomic E-state index is 0.0316.